The first kappa shape index (κ1) is 13.5. The number of thiazole rings is 1. The van der Waals surface area contributed by atoms with Gasteiger partial charge in [0.05, 0.1) is 5.69 Å². The standard InChI is InChI=1S/C13H21N3OS/c1-3-5-12(17)15-13-14-10-6-8-16(7-4-2)9-11(10)18-13/h3-9H2,1-2H3,(H,14,15,17). The molecular formula is C13H21N3OS. The largest absolute Gasteiger partial charge is 0.302 e. The molecule has 1 aliphatic heterocycles. The first-order valence-electron chi connectivity index (χ1n) is 6.73. The van der Waals surface area contributed by atoms with Crippen molar-refractivity contribution in [1.82, 2.24) is 9.88 Å². The summed E-state index contributed by atoms with van der Waals surface area (Å²) >= 11 is 1.63. The number of fused-ring (bicyclic) bond motifs is 1. The van der Waals surface area contributed by atoms with Crippen molar-refractivity contribution in [1.29, 1.82) is 0 Å². The van der Waals surface area contributed by atoms with Gasteiger partial charge < -0.3 is 5.32 Å². The van der Waals surface area contributed by atoms with Crippen molar-refractivity contribution in [3.05, 3.63) is 10.6 Å². The van der Waals surface area contributed by atoms with Gasteiger partial charge in [-0.1, -0.05) is 13.8 Å². The molecule has 0 bridgehead atoms. The van der Waals surface area contributed by atoms with Gasteiger partial charge in [0.2, 0.25) is 5.91 Å². The molecule has 0 spiro atoms. The first-order valence-corrected chi connectivity index (χ1v) is 7.55. The molecular weight excluding hydrogens is 246 g/mol. The summed E-state index contributed by atoms with van der Waals surface area (Å²) in [6, 6.07) is 0. The van der Waals surface area contributed by atoms with Crippen molar-refractivity contribution in [3.63, 3.8) is 0 Å². The molecule has 0 atom stereocenters. The number of rotatable bonds is 5. The number of anilines is 1. The second-order valence-corrected chi connectivity index (χ2v) is 5.80. The number of aromatic nitrogens is 1. The summed E-state index contributed by atoms with van der Waals surface area (Å²) in [6.07, 6.45) is 3.65. The molecule has 0 unspecified atom stereocenters. The van der Waals surface area contributed by atoms with Crippen molar-refractivity contribution in [2.24, 2.45) is 0 Å². The predicted octanol–water partition coefficient (Wildman–Crippen LogP) is 2.65. The molecule has 0 saturated heterocycles. The molecule has 5 heteroatoms. The van der Waals surface area contributed by atoms with Crippen LogP contribution in [0.4, 0.5) is 5.13 Å². The van der Waals surface area contributed by atoms with E-state index in [1.807, 2.05) is 6.92 Å². The number of carbonyl (C=O) groups is 1. The Balaban J connectivity index is 1.99. The second kappa shape index (κ2) is 6.29. The van der Waals surface area contributed by atoms with E-state index >= 15 is 0 Å². The molecule has 0 aromatic carbocycles. The summed E-state index contributed by atoms with van der Waals surface area (Å²) in [4.78, 5) is 19.8. The van der Waals surface area contributed by atoms with E-state index < -0.39 is 0 Å². The Morgan fingerprint density at radius 1 is 1.44 bits per heavy atom. The molecule has 0 fully saturated rings. The summed E-state index contributed by atoms with van der Waals surface area (Å²) in [5.41, 5.74) is 1.18. The lowest BCUT2D eigenvalue weighted by atomic mass is 10.2. The molecule has 1 aliphatic rings. The molecule has 0 aliphatic carbocycles. The predicted molar refractivity (Wildman–Crippen MR) is 74.9 cm³/mol. The lowest BCUT2D eigenvalue weighted by molar-refractivity contribution is -0.116. The van der Waals surface area contributed by atoms with Crippen molar-refractivity contribution in [2.75, 3.05) is 18.4 Å². The zero-order chi connectivity index (χ0) is 13.0. The van der Waals surface area contributed by atoms with Gasteiger partial charge in [0.1, 0.15) is 0 Å². The average molecular weight is 267 g/mol. The van der Waals surface area contributed by atoms with Crippen LogP contribution >= 0.6 is 11.3 Å². The highest BCUT2D eigenvalue weighted by Gasteiger charge is 2.20. The Bertz CT molecular complexity index is 416. The molecule has 0 radical (unpaired) electrons. The van der Waals surface area contributed by atoms with Crippen LogP contribution in [0.2, 0.25) is 0 Å². The van der Waals surface area contributed by atoms with Gasteiger partial charge in [-0.05, 0) is 19.4 Å². The summed E-state index contributed by atoms with van der Waals surface area (Å²) in [5.74, 6) is 0.0778. The normalized spacial score (nSPS) is 15.4. The highest BCUT2D eigenvalue weighted by Crippen LogP contribution is 2.28. The van der Waals surface area contributed by atoms with Crippen LogP contribution in [-0.2, 0) is 17.8 Å². The maximum atomic E-state index is 11.5. The van der Waals surface area contributed by atoms with Gasteiger partial charge in [-0.3, -0.25) is 9.69 Å². The second-order valence-electron chi connectivity index (χ2n) is 4.71. The van der Waals surface area contributed by atoms with E-state index in [1.54, 1.807) is 11.3 Å². The van der Waals surface area contributed by atoms with Gasteiger partial charge in [-0.25, -0.2) is 4.98 Å². The van der Waals surface area contributed by atoms with Crippen LogP contribution in [0, 0.1) is 0 Å². The lowest BCUT2D eigenvalue weighted by Gasteiger charge is -2.24. The number of nitrogens with zero attached hydrogens (tertiary/aromatic N) is 2. The molecule has 1 aromatic rings. The van der Waals surface area contributed by atoms with Crippen LogP contribution in [0.1, 0.15) is 43.7 Å². The Hall–Kier alpha value is -0.940. The van der Waals surface area contributed by atoms with Gasteiger partial charge in [0, 0.05) is 30.8 Å². The van der Waals surface area contributed by atoms with Crippen LogP contribution < -0.4 is 5.32 Å². The third kappa shape index (κ3) is 3.29. The van der Waals surface area contributed by atoms with E-state index in [2.05, 4.69) is 22.1 Å². The summed E-state index contributed by atoms with van der Waals surface area (Å²) in [5, 5.41) is 3.67. The number of hydrogen-bond acceptors (Lipinski definition) is 4. The highest BCUT2D eigenvalue weighted by molar-refractivity contribution is 7.15. The number of hydrogen-bond donors (Lipinski definition) is 1. The maximum Gasteiger partial charge on any atom is 0.226 e. The molecule has 1 amide bonds. The fraction of sp³-hybridized carbons (Fsp3) is 0.692. The van der Waals surface area contributed by atoms with Gasteiger partial charge in [0.25, 0.3) is 0 Å². The van der Waals surface area contributed by atoms with Gasteiger partial charge in [-0.15, -0.1) is 11.3 Å². The molecule has 1 aromatic heterocycles. The van der Waals surface area contributed by atoms with Crippen molar-refractivity contribution in [2.45, 2.75) is 46.1 Å². The molecule has 2 heterocycles. The average Bonchev–Trinajstić information content (AvgIpc) is 2.71. The fourth-order valence-electron chi connectivity index (χ4n) is 2.22. The van der Waals surface area contributed by atoms with Crippen LogP contribution in [-0.4, -0.2) is 28.9 Å². The Morgan fingerprint density at radius 2 is 2.28 bits per heavy atom. The van der Waals surface area contributed by atoms with Gasteiger partial charge in [-0.2, -0.15) is 0 Å². The molecule has 100 valence electrons. The van der Waals surface area contributed by atoms with E-state index in [4.69, 9.17) is 0 Å². The monoisotopic (exact) mass is 267 g/mol. The van der Waals surface area contributed by atoms with Crippen LogP contribution in [0.25, 0.3) is 0 Å². The summed E-state index contributed by atoms with van der Waals surface area (Å²) in [7, 11) is 0. The van der Waals surface area contributed by atoms with E-state index in [1.165, 1.54) is 17.0 Å². The zero-order valence-electron chi connectivity index (χ0n) is 11.2. The minimum atomic E-state index is 0.0778. The summed E-state index contributed by atoms with van der Waals surface area (Å²) in [6.45, 7) is 7.44. The first-order chi connectivity index (χ1) is 8.72. The SMILES string of the molecule is CCCC(=O)Nc1nc2c(s1)CN(CCC)CC2. The van der Waals surface area contributed by atoms with Crippen molar-refractivity contribution < 1.29 is 4.79 Å². The number of carbonyl (C=O) groups excluding carboxylic acids is 1. The maximum absolute atomic E-state index is 11.5. The lowest BCUT2D eigenvalue weighted by Crippen LogP contribution is -2.30. The van der Waals surface area contributed by atoms with Crippen LogP contribution in [0.3, 0.4) is 0 Å². The molecule has 18 heavy (non-hydrogen) atoms. The van der Waals surface area contributed by atoms with Crippen molar-refractivity contribution >= 4 is 22.4 Å². The van der Waals surface area contributed by atoms with Crippen LogP contribution in [0.15, 0.2) is 0 Å². The third-order valence-corrected chi connectivity index (χ3v) is 4.07. The smallest absolute Gasteiger partial charge is 0.226 e. The Morgan fingerprint density at radius 3 is 3.00 bits per heavy atom. The summed E-state index contributed by atoms with van der Waals surface area (Å²) < 4.78 is 0. The Kier molecular flexibility index (Phi) is 4.72. The topological polar surface area (TPSA) is 45.2 Å². The number of nitrogens with one attached hydrogen (secondary N) is 1. The minimum Gasteiger partial charge on any atom is -0.302 e. The zero-order valence-corrected chi connectivity index (χ0v) is 12.0. The van der Waals surface area contributed by atoms with E-state index in [9.17, 15) is 4.79 Å². The number of amides is 1. The van der Waals surface area contributed by atoms with E-state index in [0.717, 1.165) is 37.6 Å². The van der Waals surface area contributed by atoms with E-state index in [0.29, 0.717) is 6.42 Å². The molecule has 4 nitrogen and oxygen atoms in total. The Labute approximate surface area is 112 Å². The molecule has 0 saturated carbocycles. The quantitative estimate of drug-likeness (QED) is 0.892. The van der Waals surface area contributed by atoms with Gasteiger partial charge >= 0.3 is 0 Å². The fourth-order valence-corrected chi connectivity index (χ4v) is 3.28. The third-order valence-electron chi connectivity index (χ3n) is 3.07. The van der Waals surface area contributed by atoms with Gasteiger partial charge in [0.15, 0.2) is 5.13 Å². The highest BCUT2D eigenvalue weighted by atomic mass is 32.1. The minimum absolute atomic E-state index is 0.0778. The molecule has 2 rings (SSSR count). The van der Waals surface area contributed by atoms with E-state index in [-0.39, 0.29) is 5.91 Å². The van der Waals surface area contributed by atoms with Crippen molar-refractivity contribution in [3.8, 4) is 0 Å². The molecule has 1 N–H and O–H groups in total. The van der Waals surface area contributed by atoms with Crippen LogP contribution in [0.5, 0.6) is 0 Å².